The zero-order chi connectivity index (χ0) is 13.0. The van der Waals surface area contributed by atoms with E-state index in [0.717, 1.165) is 11.1 Å². The first-order chi connectivity index (χ1) is 8.66. The lowest BCUT2D eigenvalue weighted by atomic mass is 9.79. The lowest BCUT2D eigenvalue weighted by Gasteiger charge is -2.12. The van der Waals surface area contributed by atoms with Crippen molar-refractivity contribution < 1.29 is 14.8 Å². The van der Waals surface area contributed by atoms with Gasteiger partial charge in [0.25, 0.3) is 0 Å². The molecule has 0 heterocycles. The first-order valence-electron chi connectivity index (χ1n) is 5.80. The zero-order valence-corrected chi connectivity index (χ0v) is 10.2. The van der Waals surface area contributed by atoms with Crippen LogP contribution in [0, 0.1) is 6.92 Å². The Morgan fingerprint density at radius 1 is 1.06 bits per heavy atom. The molecule has 0 aliphatic heterocycles. The fourth-order valence-corrected chi connectivity index (χ4v) is 1.72. The number of ether oxygens (including phenoxy) is 1. The molecule has 0 saturated heterocycles. The molecule has 0 aliphatic carbocycles. The molecule has 0 radical (unpaired) electrons. The van der Waals surface area contributed by atoms with E-state index in [4.69, 9.17) is 4.74 Å². The minimum absolute atomic E-state index is 0.386. The average molecular weight is 242 g/mol. The summed E-state index contributed by atoms with van der Waals surface area (Å²) < 4.78 is 5.65. The van der Waals surface area contributed by atoms with E-state index in [2.05, 4.69) is 0 Å². The SMILES string of the molecule is Cc1ccc(B(O)O)c(OCc2ccccc2)c1. The van der Waals surface area contributed by atoms with Crippen molar-refractivity contribution in [3.05, 3.63) is 59.7 Å². The first-order valence-corrected chi connectivity index (χ1v) is 5.80. The molecule has 18 heavy (non-hydrogen) atoms. The van der Waals surface area contributed by atoms with Gasteiger partial charge in [-0.15, -0.1) is 0 Å². The van der Waals surface area contributed by atoms with Crippen molar-refractivity contribution in [2.45, 2.75) is 13.5 Å². The molecule has 92 valence electrons. The quantitative estimate of drug-likeness (QED) is 0.793. The van der Waals surface area contributed by atoms with Crippen LogP contribution in [0.25, 0.3) is 0 Å². The van der Waals surface area contributed by atoms with Gasteiger partial charge in [0.15, 0.2) is 0 Å². The van der Waals surface area contributed by atoms with Gasteiger partial charge in [0.2, 0.25) is 0 Å². The van der Waals surface area contributed by atoms with E-state index in [1.54, 1.807) is 12.1 Å². The molecule has 2 aromatic rings. The Kier molecular flexibility index (Phi) is 4.02. The van der Waals surface area contributed by atoms with E-state index in [-0.39, 0.29) is 0 Å². The molecule has 2 N–H and O–H groups in total. The van der Waals surface area contributed by atoms with Crippen LogP contribution in [0.4, 0.5) is 0 Å². The normalized spacial score (nSPS) is 10.2. The van der Waals surface area contributed by atoms with Crippen molar-refractivity contribution in [3.8, 4) is 5.75 Å². The van der Waals surface area contributed by atoms with Gasteiger partial charge in [-0.25, -0.2) is 0 Å². The van der Waals surface area contributed by atoms with E-state index >= 15 is 0 Å². The molecule has 0 aliphatic rings. The Morgan fingerprint density at radius 2 is 1.78 bits per heavy atom. The monoisotopic (exact) mass is 242 g/mol. The number of benzene rings is 2. The largest absolute Gasteiger partial charge is 0.492 e. The average Bonchev–Trinajstić information content (AvgIpc) is 2.37. The molecular formula is C14H15BO3. The van der Waals surface area contributed by atoms with Crippen molar-refractivity contribution in [2.24, 2.45) is 0 Å². The molecule has 0 saturated carbocycles. The molecule has 4 heteroatoms. The summed E-state index contributed by atoms with van der Waals surface area (Å²) in [6.07, 6.45) is 0. The minimum Gasteiger partial charge on any atom is -0.489 e. The second kappa shape index (κ2) is 5.71. The van der Waals surface area contributed by atoms with Crippen LogP contribution in [0.5, 0.6) is 5.75 Å². The third kappa shape index (κ3) is 3.12. The third-order valence-electron chi connectivity index (χ3n) is 2.68. The maximum atomic E-state index is 9.27. The highest BCUT2D eigenvalue weighted by Crippen LogP contribution is 2.13. The van der Waals surface area contributed by atoms with Crippen LogP contribution in [-0.2, 0) is 6.61 Å². The van der Waals surface area contributed by atoms with Gasteiger partial charge in [0.05, 0.1) is 0 Å². The minimum atomic E-state index is -1.52. The van der Waals surface area contributed by atoms with Crippen LogP contribution in [-0.4, -0.2) is 17.2 Å². The first kappa shape index (κ1) is 12.7. The van der Waals surface area contributed by atoms with Gasteiger partial charge in [-0.1, -0.05) is 42.5 Å². The molecule has 0 aromatic heterocycles. The Morgan fingerprint density at radius 3 is 2.44 bits per heavy atom. The van der Waals surface area contributed by atoms with Gasteiger partial charge in [-0.05, 0) is 24.1 Å². The van der Waals surface area contributed by atoms with Gasteiger partial charge >= 0.3 is 7.12 Å². The summed E-state index contributed by atoms with van der Waals surface area (Å²) in [4.78, 5) is 0. The Labute approximate surface area is 107 Å². The van der Waals surface area contributed by atoms with Crippen LogP contribution in [0.1, 0.15) is 11.1 Å². The van der Waals surface area contributed by atoms with Crippen molar-refractivity contribution >= 4 is 12.6 Å². The van der Waals surface area contributed by atoms with Gasteiger partial charge < -0.3 is 14.8 Å². The maximum absolute atomic E-state index is 9.27. The zero-order valence-electron chi connectivity index (χ0n) is 10.2. The molecule has 0 unspecified atom stereocenters. The molecule has 0 bridgehead atoms. The maximum Gasteiger partial charge on any atom is 0.492 e. The third-order valence-corrected chi connectivity index (χ3v) is 2.68. The summed E-state index contributed by atoms with van der Waals surface area (Å²) in [6.45, 7) is 2.34. The number of hydrogen-bond donors (Lipinski definition) is 2. The lowest BCUT2D eigenvalue weighted by Crippen LogP contribution is -2.31. The van der Waals surface area contributed by atoms with Crippen LogP contribution in [0.3, 0.4) is 0 Å². The molecule has 2 aromatic carbocycles. The Hall–Kier alpha value is -1.78. The van der Waals surface area contributed by atoms with Crippen molar-refractivity contribution in [2.75, 3.05) is 0 Å². The van der Waals surface area contributed by atoms with Crippen molar-refractivity contribution in [3.63, 3.8) is 0 Å². The summed E-state index contributed by atoms with van der Waals surface area (Å²) in [5, 5.41) is 18.5. The van der Waals surface area contributed by atoms with Crippen LogP contribution in [0.2, 0.25) is 0 Å². The number of hydrogen-bond acceptors (Lipinski definition) is 3. The Balaban J connectivity index is 2.15. The fraction of sp³-hybridized carbons (Fsp3) is 0.143. The molecule has 0 fully saturated rings. The fourth-order valence-electron chi connectivity index (χ4n) is 1.72. The second-order valence-electron chi connectivity index (χ2n) is 4.19. The second-order valence-corrected chi connectivity index (χ2v) is 4.19. The molecule has 0 spiro atoms. The summed E-state index contributed by atoms with van der Waals surface area (Å²) in [6, 6.07) is 15.0. The summed E-state index contributed by atoms with van der Waals surface area (Å²) in [5.41, 5.74) is 2.44. The predicted molar refractivity (Wildman–Crippen MR) is 71.8 cm³/mol. The van der Waals surface area contributed by atoms with E-state index in [0.29, 0.717) is 17.8 Å². The topological polar surface area (TPSA) is 49.7 Å². The van der Waals surface area contributed by atoms with Gasteiger partial charge in [-0.2, -0.15) is 0 Å². The summed E-state index contributed by atoms with van der Waals surface area (Å²) in [5.74, 6) is 0.508. The van der Waals surface area contributed by atoms with E-state index in [1.165, 1.54) is 0 Å². The summed E-state index contributed by atoms with van der Waals surface area (Å²) >= 11 is 0. The number of rotatable bonds is 4. The lowest BCUT2D eigenvalue weighted by molar-refractivity contribution is 0.306. The molecule has 2 rings (SSSR count). The molecular weight excluding hydrogens is 227 g/mol. The van der Waals surface area contributed by atoms with Crippen LogP contribution in [0.15, 0.2) is 48.5 Å². The molecule has 0 atom stereocenters. The molecule has 3 nitrogen and oxygen atoms in total. The highest BCUT2D eigenvalue weighted by Gasteiger charge is 2.17. The Bertz CT molecular complexity index is 512. The van der Waals surface area contributed by atoms with E-state index < -0.39 is 7.12 Å². The van der Waals surface area contributed by atoms with Crippen LogP contribution < -0.4 is 10.2 Å². The van der Waals surface area contributed by atoms with Crippen LogP contribution >= 0.6 is 0 Å². The standard InChI is InChI=1S/C14H15BO3/c1-11-7-8-13(15(16)17)14(9-11)18-10-12-5-3-2-4-6-12/h2-9,16-17H,10H2,1H3. The van der Waals surface area contributed by atoms with Crippen molar-refractivity contribution in [1.29, 1.82) is 0 Å². The smallest absolute Gasteiger partial charge is 0.489 e. The van der Waals surface area contributed by atoms with E-state index in [9.17, 15) is 10.0 Å². The van der Waals surface area contributed by atoms with E-state index in [1.807, 2.05) is 43.3 Å². The van der Waals surface area contributed by atoms with Gasteiger partial charge in [0.1, 0.15) is 12.4 Å². The van der Waals surface area contributed by atoms with Gasteiger partial charge in [-0.3, -0.25) is 0 Å². The van der Waals surface area contributed by atoms with Crippen molar-refractivity contribution in [1.82, 2.24) is 0 Å². The summed E-state index contributed by atoms with van der Waals surface area (Å²) in [7, 11) is -1.52. The highest BCUT2D eigenvalue weighted by molar-refractivity contribution is 6.59. The predicted octanol–water partition coefficient (Wildman–Crippen LogP) is 1.25. The molecule has 0 amide bonds. The number of aryl methyl sites for hydroxylation is 1. The van der Waals surface area contributed by atoms with Gasteiger partial charge in [0, 0.05) is 5.46 Å². The highest BCUT2D eigenvalue weighted by atomic mass is 16.5.